The summed E-state index contributed by atoms with van der Waals surface area (Å²) in [5, 5.41) is 8.27. The van der Waals surface area contributed by atoms with Gasteiger partial charge in [0.05, 0.1) is 12.2 Å². The maximum Gasteiger partial charge on any atom is 0.275 e. The molecule has 1 N–H and O–H groups in total. The van der Waals surface area contributed by atoms with Crippen LogP contribution in [-0.2, 0) is 6.54 Å². The average molecular weight is 365 g/mol. The predicted octanol–water partition coefficient (Wildman–Crippen LogP) is 3.14. The van der Waals surface area contributed by atoms with Crippen molar-refractivity contribution in [1.29, 1.82) is 0 Å². The third-order valence-corrected chi connectivity index (χ3v) is 4.36. The Kier molecular flexibility index (Phi) is 3.77. The summed E-state index contributed by atoms with van der Waals surface area (Å²) in [5.41, 5.74) is 2.73. The van der Waals surface area contributed by atoms with Crippen molar-refractivity contribution in [3.8, 4) is 0 Å². The third kappa shape index (κ3) is 2.98. The van der Waals surface area contributed by atoms with E-state index in [0.29, 0.717) is 17.2 Å². The van der Waals surface area contributed by atoms with Crippen LogP contribution in [0.2, 0.25) is 0 Å². The number of benzene rings is 1. The molecule has 0 spiro atoms. The van der Waals surface area contributed by atoms with Crippen molar-refractivity contribution in [1.82, 2.24) is 14.6 Å². The minimum atomic E-state index is -0.145. The van der Waals surface area contributed by atoms with E-state index in [1.165, 1.54) is 21.9 Å². The number of hydrogen-bond donors (Lipinski definition) is 1. The summed E-state index contributed by atoms with van der Waals surface area (Å²) in [6.45, 7) is 4.40. The minimum Gasteiger partial charge on any atom is -0.379 e. The molecule has 0 unspecified atom stereocenters. The number of fused-ring (bicyclic) bond motifs is 1. The van der Waals surface area contributed by atoms with Crippen LogP contribution in [0.5, 0.6) is 0 Å². The van der Waals surface area contributed by atoms with Gasteiger partial charge < -0.3 is 5.32 Å². The highest BCUT2D eigenvalue weighted by Gasteiger charge is 2.07. The lowest BCUT2D eigenvalue weighted by Gasteiger charge is -2.09. The Morgan fingerprint density at radius 1 is 1.33 bits per heavy atom. The maximum absolute atomic E-state index is 12.0. The van der Waals surface area contributed by atoms with Crippen LogP contribution in [0.15, 0.2) is 33.5 Å². The third-order valence-electron chi connectivity index (χ3n) is 3.05. The molecule has 2 heterocycles. The quantitative estimate of drug-likeness (QED) is 0.775. The average Bonchev–Trinajstić information content (AvgIpc) is 2.79. The topological polar surface area (TPSA) is 59.3 Å². The minimum absolute atomic E-state index is 0.145. The van der Waals surface area contributed by atoms with Gasteiger partial charge >= 0.3 is 0 Å². The Bertz CT molecular complexity index is 871. The van der Waals surface area contributed by atoms with Crippen LogP contribution in [0.1, 0.15) is 16.3 Å². The molecule has 0 aliphatic heterocycles. The van der Waals surface area contributed by atoms with E-state index in [2.05, 4.69) is 31.3 Å². The summed E-state index contributed by atoms with van der Waals surface area (Å²) in [4.78, 5) is 17.1. The molecular formula is C14H13BrN4OS. The molecule has 0 radical (unpaired) electrons. The molecule has 5 nitrogen and oxygen atoms in total. The number of nitrogens with zero attached hydrogens (tertiary/aromatic N) is 3. The summed E-state index contributed by atoms with van der Waals surface area (Å²) < 4.78 is 2.39. The fourth-order valence-electron chi connectivity index (χ4n) is 2.05. The van der Waals surface area contributed by atoms with Crippen LogP contribution in [-0.4, -0.2) is 14.6 Å². The molecule has 108 valence electrons. The molecule has 3 aromatic rings. The largest absolute Gasteiger partial charge is 0.379 e. The first kappa shape index (κ1) is 14.2. The van der Waals surface area contributed by atoms with Gasteiger partial charge in [0, 0.05) is 16.2 Å². The second-order valence-corrected chi connectivity index (χ2v) is 6.79. The first-order valence-electron chi connectivity index (χ1n) is 6.39. The first-order chi connectivity index (χ1) is 10.0. The van der Waals surface area contributed by atoms with E-state index in [1.54, 1.807) is 0 Å². The van der Waals surface area contributed by atoms with Gasteiger partial charge in [-0.05, 0) is 37.6 Å². The van der Waals surface area contributed by atoms with Crippen molar-refractivity contribution < 1.29 is 0 Å². The summed E-state index contributed by atoms with van der Waals surface area (Å²) in [5.74, 6) is 0. The Morgan fingerprint density at radius 2 is 2.14 bits per heavy atom. The molecule has 21 heavy (non-hydrogen) atoms. The fourth-order valence-corrected chi connectivity index (χ4v) is 3.30. The van der Waals surface area contributed by atoms with E-state index in [4.69, 9.17) is 0 Å². The molecule has 2 aromatic heterocycles. The van der Waals surface area contributed by atoms with Crippen LogP contribution >= 0.6 is 27.3 Å². The fraction of sp³-hybridized carbons (Fsp3) is 0.214. The zero-order chi connectivity index (χ0) is 15.0. The highest BCUT2D eigenvalue weighted by Crippen LogP contribution is 2.20. The van der Waals surface area contributed by atoms with E-state index >= 15 is 0 Å². The monoisotopic (exact) mass is 364 g/mol. The van der Waals surface area contributed by atoms with E-state index in [9.17, 15) is 4.79 Å². The Balaban J connectivity index is 1.86. The molecule has 0 amide bonds. The Hall–Kier alpha value is -1.73. The summed E-state index contributed by atoms with van der Waals surface area (Å²) in [6, 6.07) is 7.54. The van der Waals surface area contributed by atoms with Crippen LogP contribution in [0, 0.1) is 13.8 Å². The highest BCUT2D eigenvalue weighted by atomic mass is 79.9. The van der Waals surface area contributed by atoms with Crippen LogP contribution in [0.4, 0.5) is 5.69 Å². The lowest BCUT2D eigenvalue weighted by Crippen LogP contribution is -2.16. The molecule has 1 aromatic carbocycles. The van der Waals surface area contributed by atoms with Crippen molar-refractivity contribution in [2.45, 2.75) is 20.4 Å². The number of aromatic nitrogens is 3. The van der Waals surface area contributed by atoms with Gasteiger partial charge in [0.15, 0.2) is 0 Å². The van der Waals surface area contributed by atoms with Crippen LogP contribution < -0.4 is 10.9 Å². The van der Waals surface area contributed by atoms with Crippen molar-refractivity contribution in [3.05, 3.63) is 55.4 Å². The standard InChI is InChI=1S/C14H13BrN4OS/c1-8-5-10(15)3-4-12(8)16-7-11-6-13(20)19-14(17-11)21-9(2)18-19/h3-6,16H,7H2,1-2H3. The highest BCUT2D eigenvalue weighted by molar-refractivity contribution is 9.10. The molecule has 7 heteroatoms. The van der Waals surface area contributed by atoms with Crippen molar-refractivity contribution in [3.63, 3.8) is 0 Å². The Morgan fingerprint density at radius 3 is 2.90 bits per heavy atom. The van der Waals surface area contributed by atoms with Gasteiger partial charge in [-0.15, -0.1) is 0 Å². The van der Waals surface area contributed by atoms with Crippen molar-refractivity contribution >= 4 is 37.9 Å². The summed E-state index contributed by atoms with van der Waals surface area (Å²) in [7, 11) is 0. The van der Waals surface area contributed by atoms with Crippen molar-refractivity contribution in [2.75, 3.05) is 5.32 Å². The van der Waals surface area contributed by atoms with E-state index < -0.39 is 0 Å². The Labute approximate surface area is 133 Å². The molecule has 0 aliphatic rings. The van der Waals surface area contributed by atoms with Gasteiger partial charge in [0.25, 0.3) is 5.56 Å². The van der Waals surface area contributed by atoms with Crippen LogP contribution in [0.25, 0.3) is 4.96 Å². The van der Waals surface area contributed by atoms with Crippen LogP contribution in [0.3, 0.4) is 0 Å². The van der Waals surface area contributed by atoms with Gasteiger partial charge in [-0.3, -0.25) is 4.79 Å². The summed E-state index contributed by atoms with van der Waals surface area (Å²) in [6.07, 6.45) is 0. The number of halogens is 1. The second kappa shape index (κ2) is 5.57. The predicted molar refractivity (Wildman–Crippen MR) is 88.1 cm³/mol. The van der Waals surface area contributed by atoms with Gasteiger partial charge in [-0.1, -0.05) is 27.3 Å². The smallest absolute Gasteiger partial charge is 0.275 e. The lowest BCUT2D eigenvalue weighted by atomic mass is 10.2. The SMILES string of the molecule is Cc1nn2c(=O)cc(CNc3ccc(Br)cc3C)nc2s1. The second-order valence-electron chi connectivity index (χ2n) is 4.71. The normalized spacial score (nSPS) is 11.0. The zero-order valence-electron chi connectivity index (χ0n) is 11.6. The van der Waals surface area contributed by atoms with Crippen molar-refractivity contribution in [2.24, 2.45) is 0 Å². The van der Waals surface area contributed by atoms with E-state index in [-0.39, 0.29) is 5.56 Å². The number of nitrogens with one attached hydrogen (secondary N) is 1. The van der Waals surface area contributed by atoms with Gasteiger partial charge in [0.2, 0.25) is 4.96 Å². The maximum atomic E-state index is 12.0. The summed E-state index contributed by atoms with van der Waals surface area (Å²) >= 11 is 4.86. The van der Waals surface area contributed by atoms with E-state index in [0.717, 1.165) is 20.7 Å². The number of aryl methyl sites for hydroxylation is 2. The molecule has 0 saturated carbocycles. The molecule has 0 aliphatic carbocycles. The molecule has 0 bridgehead atoms. The molecule has 0 fully saturated rings. The molecule has 0 atom stereocenters. The molecular weight excluding hydrogens is 352 g/mol. The first-order valence-corrected chi connectivity index (χ1v) is 8.00. The van der Waals surface area contributed by atoms with Gasteiger partial charge in [-0.2, -0.15) is 9.61 Å². The number of hydrogen-bond acceptors (Lipinski definition) is 5. The number of rotatable bonds is 3. The molecule has 0 saturated heterocycles. The molecule has 3 rings (SSSR count). The van der Waals surface area contributed by atoms with Gasteiger partial charge in [0.1, 0.15) is 5.01 Å². The zero-order valence-corrected chi connectivity index (χ0v) is 14.0. The number of anilines is 1. The van der Waals surface area contributed by atoms with Gasteiger partial charge in [-0.25, -0.2) is 4.98 Å². The lowest BCUT2D eigenvalue weighted by molar-refractivity contribution is 0.863. The van der Waals surface area contributed by atoms with E-state index in [1.807, 2.05) is 32.0 Å².